The first kappa shape index (κ1) is 12.5. The van der Waals surface area contributed by atoms with Gasteiger partial charge in [0, 0.05) is 22.6 Å². The second kappa shape index (κ2) is 5.25. The molecular weight excluding hydrogens is 236 g/mol. The summed E-state index contributed by atoms with van der Waals surface area (Å²) in [5.41, 5.74) is 3.95. The Morgan fingerprint density at radius 1 is 1.37 bits per heavy atom. The highest BCUT2D eigenvalue weighted by Crippen LogP contribution is 2.28. The zero-order valence-corrected chi connectivity index (χ0v) is 11.8. The van der Waals surface area contributed by atoms with E-state index in [1.165, 1.54) is 35.0 Å². The Kier molecular flexibility index (Phi) is 3.47. The van der Waals surface area contributed by atoms with Crippen LogP contribution in [0.25, 0.3) is 10.9 Å². The number of aromatic amines is 1. The van der Waals surface area contributed by atoms with Crippen LogP contribution < -0.4 is 10.1 Å². The van der Waals surface area contributed by atoms with Crippen LogP contribution in [0.2, 0.25) is 0 Å². The Bertz CT molecular complexity index is 567. The van der Waals surface area contributed by atoms with Crippen molar-refractivity contribution in [2.24, 2.45) is 0 Å². The van der Waals surface area contributed by atoms with Gasteiger partial charge in [0.25, 0.3) is 0 Å². The highest BCUT2D eigenvalue weighted by molar-refractivity contribution is 5.86. The van der Waals surface area contributed by atoms with E-state index in [2.05, 4.69) is 29.4 Å². The molecule has 1 unspecified atom stereocenters. The molecule has 0 radical (unpaired) electrons. The topological polar surface area (TPSA) is 37.0 Å². The molecule has 1 atom stereocenters. The summed E-state index contributed by atoms with van der Waals surface area (Å²) in [5.74, 6) is 0.967. The Morgan fingerprint density at radius 3 is 3.00 bits per heavy atom. The summed E-state index contributed by atoms with van der Waals surface area (Å²) in [7, 11) is 0. The first-order valence-electron chi connectivity index (χ1n) is 7.25. The van der Waals surface area contributed by atoms with Crippen molar-refractivity contribution in [1.29, 1.82) is 0 Å². The van der Waals surface area contributed by atoms with Crippen molar-refractivity contribution in [2.45, 2.75) is 39.2 Å². The van der Waals surface area contributed by atoms with Crippen LogP contribution in [0.5, 0.6) is 5.75 Å². The van der Waals surface area contributed by atoms with E-state index >= 15 is 0 Å². The maximum atomic E-state index is 5.62. The van der Waals surface area contributed by atoms with Crippen LogP contribution in [0.3, 0.4) is 0 Å². The number of benzene rings is 1. The van der Waals surface area contributed by atoms with Gasteiger partial charge in [0.05, 0.1) is 6.61 Å². The molecule has 1 aromatic heterocycles. The SMILES string of the molecule is CCOc1ccc2[nH]c(C)c(CC3CCCN3)c2c1. The number of hydrogen-bond acceptors (Lipinski definition) is 2. The molecule has 102 valence electrons. The molecule has 2 heterocycles. The van der Waals surface area contributed by atoms with E-state index < -0.39 is 0 Å². The predicted octanol–water partition coefficient (Wildman–Crippen LogP) is 3.17. The molecule has 3 rings (SSSR count). The minimum absolute atomic E-state index is 0.633. The summed E-state index contributed by atoms with van der Waals surface area (Å²) >= 11 is 0. The average molecular weight is 258 g/mol. The molecular formula is C16H22N2O. The summed E-state index contributed by atoms with van der Waals surface area (Å²) in [5, 5.41) is 4.90. The zero-order chi connectivity index (χ0) is 13.2. The summed E-state index contributed by atoms with van der Waals surface area (Å²) in [6, 6.07) is 6.97. The molecule has 2 N–H and O–H groups in total. The van der Waals surface area contributed by atoms with Gasteiger partial charge < -0.3 is 15.0 Å². The zero-order valence-electron chi connectivity index (χ0n) is 11.8. The fourth-order valence-corrected chi connectivity index (χ4v) is 3.06. The first-order chi connectivity index (χ1) is 9.28. The summed E-state index contributed by atoms with van der Waals surface area (Å²) in [6.45, 7) is 6.07. The number of fused-ring (bicyclic) bond motifs is 1. The van der Waals surface area contributed by atoms with Crippen LogP contribution in [-0.4, -0.2) is 24.2 Å². The highest BCUT2D eigenvalue weighted by Gasteiger charge is 2.18. The third kappa shape index (κ3) is 2.47. The Labute approximate surface area is 114 Å². The Morgan fingerprint density at radius 2 is 2.26 bits per heavy atom. The van der Waals surface area contributed by atoms with Crippen molar-refractivity contribution < 1.29 is 4.74 Å². The standard InChI is InChI=1S/C16H22N2O/c1-3-19-13-6-7-16-15(10-13)14(11(2)18-16)9-12-5-4-8-17-12/h6-7,10,12,17-18H,3-5,8-9H2,1-2H3. The van der Waals surface area contributed by atoms with Crippen molar-refractivity contribution in [3.63, 3.8) is 0 Å². The molecule has 3 heteroatoms. The number of ether oxygens (including phenoxy) is 1. The van der Waals surface area contributed by atoms with Gasteiger partial charge in [0.1, 0.15) is 5.75 Å². The van der Waals surface area contributed by atoms with Crippen LogP contribution >= 0.6 is 0 Å². The summed E-state index contributed by atoms with van der Waals surface area (Å²) in [4.78, 5) is 3.49. The van der Waals surface area contributed by atoms with Crippen LogP contribution in [0, 0.1) is 6.92 Å². The van der Waals surface area contributed by atoms with Crippen molar-refractivity contribution in [3.05, 3.63) is 29.5 Å². The molecule has 1 fully saturated rings. The van der Waals surface area contributed by atoms with Crippen LogP contribution in [-0.2, 0) is 6.42 Å². The third-order valence-corrected chi connectivity index (χ3v) is 4.01. The Balaban J connectivity index is 1.95. The lowest BCUT2D eigenvalue weighted by molar-refractivity contribution is 0.340. The van der Waals surface area contributed by atoms with E-state index in [1.54, 1.807) is 0 Å². The Hall–Kier alpha value is -1.48. The van der Waals surface area contributed by atoms with Crippen LogP contribution in [0.4, 0.5) is 0 Å². The molecule has 3 nitrogen and oxygen atoms in total. The molecule has 1 saturated heterocycles. The second-order valence-corrected chi connectivity index (χ2v) is 5.37. The van der Waals surface area contributed by atoms with Crippen molar-refractivity contribution in [1.82, 2.24) is 10.3 Å². The quantitative estimate of drug-likeness (QED) is 0.884. The van der Waals surface area contributed by atoms with E-state index in [4.69, 9.17) is 4.74 Å². The largest absolute Gasteiger partial charge is 0.494 e. The predicted molar refractivity (Wildman–Crippen MR) is 78.9 cm³/mol. The van der Waals surface area contributed by atoms with E-state index in [-0.39, 0.29) is 0 Å². The summed E-state index contributed by atoms with van der Waals surface area (Å²) in [6.07, 6.45) is 3.70. The summed E-state index contributed by atoms with van der Waals surface area (Å²) < 4.78 is 5.62. The van der Waals surface area contributed by atoms with E-state index in [0.29, 0.717) is 12.6 Å². The van der Waals surface area contributed by atoms with E-state index in [9.17, 15) is 0 Å². The number of hydrogen-bond donors (Lipinski definition) is 2. The van der Waals surface area contributed by atoms with Gasteiger partial charge in [0.15, 0.2) is 0 Å². The number of aryl methyl sites for hydroxylation is 1. The van der Waals surface area contributed by atoms with Gasteiger partial charge in [-0.2, -0.15) is 0 Å². The van der Waals surface area contributed by atoms with Gasteiger partial charge in [-0.25, -0.2) is 0 Å². The fourth-order valence-electron chi connectivity index (χ4n) is 3.06. The van der Waals surface area contributed by atoms with Crippen LogP contribution in [0.1, 0.15) is 31.0 Å². The number of rotatable bonds is 4. The van der Waals surface area contributed by atoms with Crippen molar-refractivity contribution >= 4 is 10.9 Å². The molecule has 0 spiro atoms. The molecule has 1 aromatic carbocycles. The lowest BCUT2D eigenvalue weighted by Gasteiger charge is -2.10. The third-order valence-electron chi connectivity index (χ3n) is 4.01. The van der Waals surface area contributed by atoms with Gasteiger partial charge in [0.2, 0.25) is 0 Å². The highest BCUT2D eigenvalue weighted by atomic mass is 16.5. The minimum Gasteiger partial charge on any atom is -0.494 e. The van der Waals surface area contributed by atoms with Crippen molar-refractivity contribution in [2.75, 3.05) is 13.2 Å². The normalized spacial score (nSPS) is 19.2. The molecule has 0 saturated carbocycles. The molecule has 1 aliphatic rings. The number of H-pyrrole nitrogens is 1. The second-order valence-electron chi connectivity index (χ2n) is 5.37. The lowest BCUT2D eigenvalue weighted by atomic mass is 10.0. The average Bonchev–Trinajstić information content (AvgIpc) is 3.00. The maximum Gasteiger partial charge on any atom is 0.120 e. The molecule has 2 aromatic rings. The molecule has 1 aliphatic heterocycles. The number of nitrogens with one attached hydrogen (secondary N) is 2. The first-order valence-corrected chi connectivity index (χ1v) is 7.25. The van der Waals surface area contributed by atoms with E-state index in [0.717, 1.165) is 18.7 Å². The fraction of sp³-hybridized carbons (Fsp3) is 0.500. The van der Waals surface area contributed by atoms with Gasteiger partial charge in [-0.1, -0.05) is 0 Å². The van der Waals surface area contributed by atoms with Crippen molar-refractivity contribution in [3.8, 4) is 5.75 Å². The molecule has 0 bridgehead atoms. The molecule has 0 amide bonds. The van der Waals surface area contributed by atoms with Gasteiger partial charge in [-0.05, 0) is 63.4 Å². The molecule has 19 heavy (non-hydrogen) atoms. The lowest BCUT2D eigenvalue weighted by Crippen LogP contribution is -2.23. The number of aromatic nitrogens is 1. The van der Waals surface area contributed by atoms with Gasteiger partial charge in [-0.15, -0.1) is 0 Å². The smallest absolute Gasteiger partial charge is 0.120 e. The van der Waals surface area contributed by atoms with Crippen LogP contribution in [0.15, 0.2) is 18.2 Å². The molecule has 0 aliphatic carbocycles. The minimum atomic E-state index is 0.633. The van der Waals surface area contributed by atoms with E-state index in [1.807, 2.05) is 13.0 Å². The van der Waals surface area contributed by atoms with Gasteiger partial charge in [-0.3, -0.25) is 0 Å². The maximum absolute atomic E-state index is 5.62. The van der Waals surface area contributed by atoms with Gasteiger partial charge >= 0.3 is 0 Å². The monoisotopic (exact) mass is 258 g/mol.